The van der Waals surface area contributed by atoms with Gasteiger partial charge in [0.2, 0.25) is 5.89 Å². The van der Waals surface area contributed by atoms with E-state index in [2.05, 4.69) is 10.3 Å². The van der Waals surface area contributed by atoms with Crippen LogP contribution in [0, 0.1) is 0 Å². The monoisotopic (exact) mass is 368 g/mol. The lowest BCUT2D eigenvalue weighted by molar-refractivity contribution is 0.0439. The Bertz CT molecular complexity index is 939. The number of nitrogens with one attached hydrogen (secondary N) is 1. The maximum Gasteiger partial charge on any atom is 0.412 e. The molecule has 0 bridgehead atoms. The highest BCUT2D eigenvalue weighted by atomic mass is 16.6. The Morgan fingerprint density at radius 3 is 2.63 bits per heavy atom. The molecule has 0 aliphatic heterocycles. The summed E-state index contributed by atoms with van der Waals surface area (Å²) in [4.78, 5) is 28.4. The molecule has 0 aliphatic rings. The van der Waals surface area contributed by atoms with Gasteiger partial charge in [-0.2, -0.15) is 0 Å². The van der Waals surface area contributed by atoms with Crippen molar-refractivity contribution in [2.24, 2.45) is 0 Å². The number of anilines is 1. The second-order valence-electron chi connectivity index (χ2n) is 6.86. The molecule has 0 radical (unpaired) electrons. The van der Waals surface area contributed by atoms with Gasteiger partial charge in [-0.05, 0) is 51.1 Å². The summed E-state index contributed by atoms with van der Waals surface area (Å²) in [6, 6.07) is 13.7. The van der Waals surface area contributed by atoms with Gasteiger partial charge in [-0.3, -0.25) is 5.32 Å². The normalized spacial score (nSPS) is 11.2. The number of aromatic nitrogens is 1. The summed E-state index contributed by atoms with van der Waals surface area (Å²) < 4.78 is 15.9. The lowest BCUT2D eigenvalue weighted by Crippen LogP contribution is -2.27. The highest BCUT2D eigenvalue weighted by Crippen LogP contribution is 2.17. The number of ether oxygens (including phenoxy) is 2. The van der Waals surface area contributed by atoms with Crippen LogP contribution in [0.15, 0.2) is 52.9 Å². The van der Waals surface area contributed by atoms with E-state index in [4.69, 9.17) is 13.9 Å². The van der Waals surface area contributed by atoms with Crippen LogP contribution < -0.4 is 5.32 Å². The van der Waals surface area contributed by atoms with E-state index in [9.17, 15) is 9.59 Å². The highest BCUT2D eigenvalue weighted by molar-refractivity contribution is 5.92. The maximum atomic E-state index is 12.3. The Morgan fingerprint density at radius 1 is 1.11 bits per heavy atom. The van der Waals surface area contributed by atoms with Crippen LogP contribution in [0.4, 0.5) is 10.5 Å². The lowest BCUT2D eigenvalue weighted by Gasteiger charge is -2.19. The van der Waals surface area contributed by atoms with Gasteiger partial charge in [0.15, 0.2) is 12.2 Å². The van der Waals surface area contributed by atoms with Gasteiger partial charge in [0.05, 0.1) is 5.56 Å². The van der Waals surface area contributed by atoms with Crippen LogP contribution in [-0.2, 0) is 16.1 Å². The second kappa shape index (κ2) is 7.49. The Morgan fingerprint density at radius 2 is 1.89 bits per heavy atom. The van der Waals surface area contributed by atoms with Gasteiger partial charge in [-0.25, -0.2) is 14.6 Å². The number of carbonyl (C=O) groups excluding carboxylic acids is 2. The molecular weight excluding hydrogens is 348 g/mol. The van der Waals surface area contributed by atoms with Crippen molar-refractivity contribution in [1.82, 2.24) is 4.98 Å². The SMILES string of the molecule is CC(C)(C)OC(=O)Nc1cccc(C(=O)OCc2nc3ccccc3o2)c1. The smallest absolute Gasteiger partial charge is 0.412 e. The van der Waals surface area contributed by atoms with Crippen molar-refractivity contribution in [1.29, 1.82) is 0 Å². The van der Waals surface area contributed by atoms with E-state index >= 15 is 0 Å². The number of para-hydroxylation sites is 2. The molecule has 3 rings (SSSR count). The first-order valence-corrected chi connectivity index (χ1v) is 8.42. The molecule has 0 atom stereocenters. The van der Waals surface area contributed by atoms with E-state index in [0.29, 0.717) is 28.2 Å². The lowest BCUT2D eigenvalue weighted by atomic mass is 10.2. The molecule has 7 nitrogen and oxygen atoms in total. The third-order valence-electron chi connectivity index (χ3n) is 3.41. The van der Waals surface area contributed by atoms with Gasteiger partial charge in [-0.15, -0.1) is 0 Å². The number of esters is 1. The Balaban J connectivity index is 1.62. The fourth-order valence-corrected chi connectivity index (χ4v) is 2.34. The number of carbonyl (C=O) groups is 2. The molecule has 1 amide bonds. The maximum absolute atomic E-state index is 12.3. The first-order valence-electron chi connectivity index (χ1n) is 8.42. The molecule has 7 heteroatoms. The van der Waals surface area contributed by atoms with E-state index in [0.717, 1.165) is 0 Å². The summed E-state index contributed by atoms with van der Waals surface area (Å²) in [7, 11) is 0. The van der Waals surface area contributed by atoms with Crippen LogP contribution in [0.1, 0.15) is 37.0 Å². The van der Waals surface area contributed by atoms with Crippen LogP contribution >= 0.6 is 0 Å². The van der Waals surface area contributed by atoms with E-state index in [1.165, 1.54) is 6.07 Å². The molecule has 0 unspecified atom stereocenters. The highest BCUT2D eigenvalue weighted by Gasteiger charge is 2.17. The number of nitrogens with zero attached hydrogens (tertiary/aromatic N) is 1. The van der Waals surface area contributed by atoms with Crippen LogP contribution in [0.5, 0.6) is 0 Å². The average molecular weight is 368 g/mol. The van der Waals surface area contributed by atoms with Gasteiger partial charge < -0.3 is 13.9 Å². The van der Waals surface area contributed by atoms with Crippen LogP contribution in [0.3, 0.4) is 0 Å². The molecule has 0 aliphatic carbocycles. The van der Waals surface area contributed by atoms with Crippen LogP contribution in [-0.4, -0.2) is 22.6 Å². The zero-order valence-electron chi connectivity index (χ0n) is 15.3. The van der Waals surface area contributed by atoms with Gasteiger partial charge in [0, 0.05) is 5.69 Å². The predicted octanol–water partition coefficient (Wildman–Crippen LogP) is 4.53. The molecule has 140 valence electrons. The van der Waals surface area contributed by atoms with Crippen molar-refractivity contribution < 1.29 is 23.5 Å². The van der Waals surface area contributed by atoms with Gasteiger partial charge >= 0.3 is 12.1 Å². The molecule has 0 spiro atoms. The Labute approximate surface area is 156 Å². The topological polar surface area (TPSA) is 90.7 Å². The summed E-state index contributed by atoms with van der Waals surface area (Å²) >= 11 is 0. The third-order valence-corrected chi connectivity index (χ3v) is 3.41. The quantitative estimate of drug-likeness (QED) is 0.680. The average Bonchev–Trinajstić information content (AvgIpc) is 3.01. The van der Waals surface area contributed by atoms with Crippen LogP contribution in [0.25, 0.3) is 11.1 Å². The van der Waals surface area contributed by atoms with Crippen LogP contribution in [0.2, 0.25) is 0 Å². The predicted molar refractivity (Wildman–Crippen MR) is 99.4 cm³/mol. The standard InChI is InChI=1S/C20H20N2O5/c1-20(2,3)27-19(24)21-14-8-6-7-13(11-14)18(23)25-12-17-22-15-9-4-5-10-16(15)26-17/h4-11H,12H2,1-3H3,(H,21,24). The summed E-state index contributed by atoms with van der Waals surface area (Å²) in [5, 5.41) is 2.59. The minimum absolute atomic E-state index is 0.0861. The number of benzene rings is 2. The van der Waals surface area contributed by atoms with E-state index in [1.54, 1.807) is 45.0 Å². The molecule has 0 fully saturated rings. The molecule has 2 aromatic carbocycles. The van der Waals surface area contributed by atoms with E-state index in [1.807, 2.05) is 18.2 Å². The molecule has 1 aromatic heterocycles. The number of hydrogen-bond donors (Lipinski definition) is 1. The van der Waals surface area contributed by atoms with Gasteiger partial charge in [-0.1, -0.05) is 18.2 Å². The fraction of sp³-hybridized carbons (Fsp3) is 0.250. The van der Waals surface area contributed by atoms with Crippen molar-refractivity contribution in [2.75, 3.05) is 5.32 Å². The summed E-state index contributed by atoms with van der Waals surface area (Å²) in [6.45, 7) is 5.22. The minimum Gasteiger partial charge on any atom is -0.452 e. The molecule has 27 heavy (non-hydrogen) atoms. The van der Waals surface area contributed by atoms with E-state index in [-0.39, 0.29) is 6.61 Å². The van der Waals surface area contributed by atoms with E-state index < -0.39 is 17.7 Å². The number of oxazole rings is 1. The molecule has 3 aromatic rings. The summed E-state index contributed by atoms with van der Waals surface area (Å²) in [5.41, 5.74) is 1.44. The number of amides is 1. The molecule has 1 N–H and O–H groups in total. The number of rotatable bonds is 4. The van der Waals surface area contributed by atoms with Crippen molar-refractivity contribution in [3.05, 3.63) is 60.0 Å². The summed E-state index contributed by atoms with van der Waals surface area (Å²) in [6.07, 6.45) is -0.598. The van der Waals surface area contributed by atoms with Crippen molar-refractivity contribution in [3.8, 4) is 0 Å². The molecule has 0 saturated carbocycles. The van der Waals surface area contributed by atoms with Crippen molar-refractivity contribution in [3.63, 3.8) is 0 Å². The Hall–Kier alpha value is -3.35. The van der Waals surface area contributed by atoms with Gasteiger partial charge in [0.25, 0.3) is 0 Å². The molecular formula is C20H20N2O5. The first kappa shape index (κ1) is 18.4. The zero-order chi connectivity index (χ0) is 19.4. The Kier molecular flexibility index (Phi) is 5.12. The van der Waals surface area contributed by atoms with Crippen molar-refractivity contribution in [2.45, 2.75) is 33.0 Å². The molecule has 0 saturated heterocycles. The minimum atomic E-state index is -0.611. The van der Waals surface area contributed by atoms with Gasteiger partial charge in [0.1, 0.15) is 11.1 Å². The van der Waals surface area contributed by atoms with Crippen molar-refractivity contribution >= 4 is 28.8 Å². The zero-order valence-corrected chi connectivity index (χ0v) is 15.3. The summed E-state index contributed by atoms with van der Waals surface area (Å²) in [5.74, 6) is -0.238. The first-order chi connectivity index (χ1) is 12.8. The second-order valence-corrected chi connectivity index (χ2v) is 6.86. The number of hydrogen-bond acceptors (Lipinski definition) is 6. The fourth-order valence-electron chi connectivity index (χ4n) is 2.34. The largest absolute Gasteiger partial charge is 0.452 e. The third kappa shape index (κ3) is 5.07. The number of fused-ring (bicyclic) bond motifs is 1. The molecule has 1 heterocycles.